The number of halogens is 2. The minimum atomic E-state index is -0.952. The Morgan fingerprint density at radius 2 is 2.00 bits per heavy atom. The maximum atomic E-state index is 13.2. The first-order valence-corrected chi connectivity index (χ1v) is 5.25. The van der Waals surface area contributed by atoms with Crippen molar-refractivity contribution in [1.29, 1.82) is 0 Å². The van der Waals surface area contributed by atoms with Gasteiger partial charge in [0, 0.05) is 6.42 Å². The summed E-state index contributed by atoms with van der Waals surface area (Å²) in [5, 5.41) is 0. The van der Waals surface area contributed by atoms with Crippen LogP contribution in [-0.4, -0.2) is 25.5 Å². The van der Waals surface area contributed by atoms with E-state index in [1.165, 1.54) is 14.0 Å². The summed E-state index contributed by atoms with van der Waals surface area (Å²) in [5.74, 6) is -2.55. The van der Waals surface area contributed by atoms with E-state index in [1.807, 2.05) is 0 Å². The quantitative estimate of drug-likeness (QED) is 0.445. The van der Waals surface area contributed by atoms with Gasteiger partial charge in [0.25, 0.3) is 0 Å². The first-order valence-electron chi connectivity index (χ1n) is 5.25. The van der Waals surface area contributed by atoms with Crippen LogP contribution >= 0.6 is 0 Å². The normalized spacial score (nSPS) is 15.2. The molecule has 4 nitrogen and oxygen atoms in total. The fourth-order valence-corrected chi connectivity index (χ4v) is 1.08. The number of nitrogens with zero attached hydrogens (tertiary/aromatic N) is 1. The van der Waals surface area contributed by atoms with E-state index >= 15 is 0 Å². The van der Waals surface area contributed by atoms with Crippen molar-refractivity contribution in [2.75, 3.05) is 13.7 Å². The SMILES string of the molecule is COC(=O)C(C)CCC(F)=C(F)CN=C(C)N. The van der Waals surface area contributed by atoms with Crippen molar-refractivity contribution in [2.45, 2.75) is 26.7 Å². The lowest BCUT2D eigenvalue weighted by atomic mass is 10.1. The van der Waals surface area contributed by atoms with Crippen LogP contribution in [0.15, 0.2) is 16.6 Å². The Bertz CT molecular complexity index is 323. The predicted octanol–water partition coefficient (Wildman–Crippen LogP) is 2.10. The molecule has 1 unspecified atom stereocenters. The second-order valence-corrected chi connectivity index (χ2v) is 3.73. The Balaban J connectivity index is 4.24. The molecule has 0 heterocycles. The molecule has 0 saturated heterocycles. The van der Waals surface area contributed by atoms with Crippen molar-refractivity contribution >= 4 is 11.8 Å². The van der Waals surface area contributed by atoms with Gasteiger partial charge in [0.05, 0.1) is 25.4 Å². The van der Waals surface area contributed by atoms with Gasteiger partial charge in [0.15, 0.2) is 5.83 Å². The van der Waals surface area contributed by atoms with Gasteiger partial charge in [-0.2, -0.15) is 0 Å². The van der Waals surface area contributed by atoms with E-state index in [9.17, 15) is 13.6 Å². The lowest BCUT2D eigenvalue weighted by Gasteiger charge is -2.07. The molecular formula is C11H18F2N2O2. The largest absolute Gasteiger partial charge is 0.469 e. The third-order valence-electron chi connectivity index (χ3n) is 2.16. The molecular weight excluding hydrogens is 230 g/mol. The fraction of sp³-hybridized carbons (Fsp3) is 0.636. The number of carbonyl (C=O) groups is 1. The zero-order valence-corrected chi connectivity index (χ0v) is 10.3. The molecule has 6 heteroatoms. The van der Waals surface area contributed by atoms with E-state index in [0.29, 0.717) is 0 Å². The Morgan fingerprint density at radius 1 is 1.41 bits per heavy atom. The lowest BCUT2D eigenvalue weighted by molar-refractivity contribution is -0.145. The lowest BCUT2D eigenvalue weighted by Crippen LogP contribution is -2.12. The van der Waals surface area contributed by atoms with Gasteiger partial charge in [0.2, 0.25) is 0 Å². The molecule has 0 aromatic heterocycles. The number of rotatable bonds is 6. The van der Waals surface area contributed by atoms with Gasteiger partial charge in [-0.1, -0.05) is 6.92 Å². The van der Waals surface area contributed by atoms with Gasteiger partial charge in [-0.3, -0.25) is 9.79 Å². The Morgan fingerprint density at radius 3 is 2.47 bits per heavy atom. The fourth-order valence-electron chi connectivity index (χ4n) is 1.08. The number of amidine groups is 1. The van der Waals surface area contributed by atoms with Crippen LogP contribution in [0.5, 0.6) is 0 Å². The number of esters is 1. The number of nitrogens with two attached hydrogens (primary N) is 1. The van der Waals surface area contributed by atoms with Gasteiger partial charge < -0.3 is 10.5 Å². The summed E-state index contributed by atoms with van der Waals surface area (Å²) in [4.78, 5) is 14.6. The molecule has 0 amide bonds. The van der Waals surface area contributed by atoms with Crippen LogP contribution in [0.2, 0.25) is 0 Å². The number of hydrogen-bond acceptors (Lipinski definition) is 3. The summed E-state index contributed by atoms with van der Waals surface area (Å²) >= 11 is 0. The predicted molar refractivity (Wildman–Crippen MR) is 61.8 cm³/mol. The minimum absolute atomic E-state index is 0.152. The molecule has 0 radical (unpaired) electrons. The first-order chi connectivity index (χ1) is 7.88. The Labute approximate surface area is 99.5 Å². The summed E-state index contributed by atoms with van der Waals surface area (Å²) in [6.07, 6.45) is 0.0402. The van der Waals surface area contributed by atoms with Crippen molar-refractivity contribution in [3.63, 3.8) is 0 Å². The van der Waals surface area contributed by atoms with E-state index < -0.39 is 30.1 Å². The summed E-state index contributed by atoms with van der Waals surface area (Å²) < 4.78 is 30.8. The van der Waals surface area contributed by atoms with Crippen LogP contribution in [0, 0.1) is 5.92 Å². The molecule has 0 aromatic rings. The second-order valence-electron chi connectivity index (χ2n) is 3.73. The summed E-state index contributed by atoms with van der Waals surface area (Å²) in [6.45, 7) is 2.69. The Kier molecular flexibility index (Phi) is 7.09. The van der Waals surface area contributed by atoms with Crippen molar-refractivity contribution in [3.05, 3.63) is 11.7 Å². The van der Waals surface area contributed by atoms with Gasteiger partial charge in [-0.25, -0.2) is 8.78 Å². The zero-order chi connectivity index (χ0) is 13.4. The number of ether oxygens (including phenoxy) is 1. The highest BCUT2D eigenvalue weighted by Crippen LogP contribution is 2.18. The number of aliphatic imine (C=N–C) groups is 1. The molecule has 0 bridgehead atoms. The third kappa shape index (κ3) is 6.65. The van der Waals surface area contributed by atoms with Crippen LogP contribution in [0.25, 0.3) is 0 Å². The first kappa shape index (κ1) is 15.5. The van der Waals surface area contributed by atoms with E-state index in [1.54, 1.807) is 6.92 Å². The second kappa shape index (κ2) is 7.76. The molecule has 17 heavy (non-hydrogen) atoms. The van der Waals surface area contributed by atoms with Crippen molar-refractivity contribution < 1.29 is 18.3 Å². The smallest absolute Gasteiger partial charge is 0.308 e. The molecule has 0 aliphatic carbocycles. The van der Waals surface area contributed by atoms with Crippen molar-refractivity contribution in [1.82, 2.24) is 0 Å². The standard InChI is InChI=1S/C11H18F2N2O2/c1-7(11(16)17-3)4-5-9(12)10(13)6-15-8(2)14/h7H,4-6H2,1-3H3,(H2,14,15). The minimum Gasteiger partial charge on any atom is -0.469 e. The van der Waals surface area contributed by atoms with Crippen LogP contribution in [0.1, 0.15) is 26.7 Å². The van der Waals surface area contributed by atoms with Gasteiger partial charge >= 0.3 is 5.97 Å². The van der Waals surface area contributed by atoms with Crippen molar-refractivity contribution in [2.24, 2.45) is 16.6 Å². The Hall–Kier alpha value is -1.46. The average molecular weight is 248 g/mol. The highest BCUT2D eigenvalue weighted by molar-refractivity contribution is 5.77. The number of hydrogen-bond donors (Lipinski definition) is 1. The van der Waals surface area contributed by atoms with Gasteiger partial charge in [-0.15, -0.1) is 0 Å². The van der Waals surface area contributed by atoms with Crippen LogP contribution in [0.4, 0.5) is 8.78 Å². The van der Waals surface area contributed by atoms with E-state index in [-0.39, 0.29) is 18.7 Å². The van der Waals surface area contributed by atoms with E-state index in [2.05, 4.69) is 9.73 Å². The third-order valence-corrected chi connectivity index (χ3v) is 2.16. The molecule has 0 aliphatic heterocycles. The monoisotopic (exact) mass is 248 g/mol. The number of allylic oxidation sites excluding steroid dienone is 1. The summed E-state index contributed by atoms with van der Waals surface area (Å²) in [5.41, 5.74) is 5.20. The van der Waals surface area contributed by atoms with E-state index in [4.69, 9.17) is 5.73 Å². The molecule has 0 aromatic carbocycles. The topological polar surface area (TPSA) is 64.7 Å². The molecule has 0 saturated carbocycles. The molecule has 2 N–H and O–H groups in total. The summed E-state index contributed by atoms with van der Waals surface area (Å²) in [7, 11) is 1.25. The highest BCUT2D eigenvalue weighted by Gasteiger charge is 2.15. The molecule has 98 valence electrons. The molecule has 0 rings (SSSR count). The summed E-state index contributed by atoms with van der Waals surface area (Å²) in [6, 6.07) is 0. The maximum Gasteiger partial charge on any atom is 0.308 e. The molecule has 0 spiro atoms. The number of methoxy groups -OCH3 is 1. The van der Waals surface area contributed by atoms with E-state index in [0.717, 1.165) is 0 Å². The zero-order valence-electron chi connectivity index (χ0n) is 10.3. The maximum absolute atomic E-state index is 13.2. The molecule has 0 fully saturated rings. The van der Waals surface area contributed by atoms with Crippen LogP contribution in [-0.2, 0) is 9.53 Å². The number of carbonyl (C=O) groups excluding carboxylic acids is 1. The molecule has 0 aliphatic rings. The van der Waals surface area contributed by atoms with Gasteiger partial charge in [-0.05, 0) is 13.3 Å². The van der Waals surface area contributed by atoms with Gasteiger partial charge in [0.1, 0.15) is 5.83 Å². The van der Waals surface area contributed by atoms with Crippen molar-refractivity contribution in [3.8, 4) is 0 Å². The highest BCUT2D eigenvalue weighted by atomic mass is 19.2. The van der Waals surface area contributed by atoms with Crippen LogP contribution in [0.3, 0.4) is 0 Å². The molecule has 1 atom stereocenters. The van der Waals surface area contributed by atoms with Crippen LogP contribution < -0.4 is 5.73 Å². The average Bonchev–Trinajstić information content (AvgIpc) is 2.31.